The SMILES string of the molecule is CCN1C[C@]2(C)CC[C@H](OC)[C@]34[C@@H]2[C@H](OC(C)=O)[C@]2(OCO[C@@]25C[C@H](OC)[C@H]2C[C@]3(O)[C@@H]5[C@H]2O)[C@@H]14. The Morgan fingerprint density at radius 2 is 1.94 bits per heavy atom. The van der Waals surface area contributed by atoms with Crippen LogP contribution in [0.4, 0.5) is 0 Å². The number of methoxy groups -OCH3 is 2. The highest BCUT2D eigenvalue weighted by atomic mass is 16.7. The van der Waals surface area contributed by atoms with Crippen molar-refractivity contribution >= 4 is 5.97 Å². The van der Waals surface area contributed by atoms with Gasteiger partial charge in [-0.3, -0.25) is 9.69 Å². The summed E-state index contributed by atoms with van der Waals surface area (Å²) in [4.78, 5) is 15.1. The zero-order chi connectivity index (χ0) is 24.8. The van der Waals surface area contributed by atoms with E-state index in [4.69, 9.17) is 23.7 Å². The Morgan fingerprint density at radius 3 is 2.60 bits per heavy atom. The average molecular weight is 494 g/mol. The van der Waals surface area contributed by atoms with E-state index in [1.807, 2.05) is 0 Å². The molecule has 2 saturated heterocycles. The second-order valence-corrected chi connectivity index (χ2v) is 12.7. The third-order valence-corrected chi connectivity index (χ3v) is 11.9. The highest BCUT2D eigenvalue weighted by molar-refractivity contribution is 5.67. The Labute approximate surface area is 206 Å². The van der Waals surface area contributed by atoms with Crippen molar-refractivity contribution in [1.29, 1.82) is 0 Å². The van der Waals surface area contributed by atoms with Crippen molar-refractivity contribution in [3.8, 4) is 0 Å². The zero-order valence-corrected chi connectivity index (χ0v) is 21.4. The molecular weight excluding hydrogens is 454 g/mol. The van der Waals surface area contributed by atoms with Gasteiger partial charge in [-0.2, -0.15) is 0 Å². The molecule has 0 radical (unpaired) electrons. The number of esters is 1. The number of aliphatic hydroxyl groups excluding tert-OH is 1. The molecular formula is C26H39NO8. The van der Waals surface area contributed by atoms with Crippen LogP contribution >= 0.6 is 0 Å². The van der Waals surface area contributed by atoms with Crippen LogP contribution in [0.25, 0.3) is 0 Å². The predicted octanol–water partition coefficient (Wildman–Crippen LogP) is 0.696. The molecule has 0 aromatic heterocycles. The van der Waals surface area contributed by atoms with Gasteiger partial charge in [0.15, 0.2) is 5.60 Å². The second kappa shape index (κ2) is 6.79. The van der Waals surface area contributed by atoms with Crippen LogP contribution in [-0.4, -0.2) is 102 Å². The van der Waals surface area contributed by atoms with Crippen molar-refractivity contribution in [2.45, 2.75) is 93.7 Å². The van der Waals surface area contributed by atoms with Gasteiger partial charge in [0.25, 0.3) is 0 Å². The first-order valence-corrected chi connectivity index (χ1v) is 13.3. The van der Waals surface area contributed by atoms with Crippen LogP contribution in [0.1, 0.15) is 46.5 Å². The first-order valence-electron chi connectivity index (χ1n) is 13.3. The van der Waals surface area contributed by atoms with E-state index >= 15 is 0 Å². The van der Waals surface area contributed by atoms with Gasteiger partial charge in [0.2, 0.25) is 0 Å². The molecule has 9 nitrogen and oxygen atoms in total. The van der Waals surface area contributed by atoms with E-state index in [9.17, 15) is 15.0 Å². The van der Waals surface area contributed by atoms with Crippen molar-refractivity contribution in [1.82, 2.24) is 4.90 Å². The van der Waals surface area contributed by atoms with Gasteiger partial charge in [0.1, 0.15) is 18.5 Å². The molecule has 2 N–H and O–H groups in total. The Hall–Kier alpha value is -0.810. The third kappa shape index (κ3) is 2.09. The van der Waals surface area contributed by atoms with Crippen LogP contribution < -0.4 is 0 Å². The minimum Gasteiger partial charge on any atom is -0.459 e. The molecule has 7 fully saturated rings. The summed E-state index contributed by atoms with van der Waals surface area (Å²) >= 11 is 0. The van der Waals surface area contributed by atoms with E-state index in [-0.39, 0.29) is 48.3 Å². The van der Waals surface area contributed by atoms with Gasteiger partial charge in [-0.1, -0.05) is 13.8 Å². The molecule has 2 heterocycles. The summed E-state index contributed by atoms with van der Waals surface area (Å²) in [5, 5.41) is 25.0. The molecule has 5 aliphatic carbocycles. The van der Waals surface area contributed by atoms with Crippen molar-refractivity contribution in [3.63, 3.8) is 0 Å². The lowest BCUT2D eigenvalue weighted by atomic mass is 9.41. The molecule has 0 aromatic rings. The number of carbonyl (C=O) groups is 1. The van der Waals surface area contributed by atoms with Gasteiger partial charge in [-0.05, 0) is 31.2 Å². The van der Waals surface area contributed by atoms with Crippen LogP contribution in [0.2, 0.25) is 0 Å². The fourth-order valence-electron chi connectivity index (χ4n) is 11.5. The summed E-state index contributed by atoms with van der Waals surface area (Å²) in [5.41, 5.74) is -4.39. The molecule has 2 aliphatic heterocycles. The van der Waals surface area contributed by atoms with Gasteiger partial charge >= 0.3 is 5.97 Å². The number of fused-ring (bicyclic) bond motifs is 1. The number of rotatable bonds is 4. The Balaban J connectivity index is 1.61. The second-order valence-electron chi connectivity index (χ2n) is 12.7. The van der Waals surface area contributed by atoms with E-state index in [1.54, 1.807) is 14.2 Å². The summed E-state index contributed by atoms with van der Waals surface area (Å²) in [6, 6.07) is -0.280. The van der Waals surface area contributed by atoms with Crippen LogP contribution in [0.3, 0.4) is 0 Å². The average Bonchev–Trinajstić information content (AvgIpc) is 3.34. The van der Waals surface area contributed by atoms with Crippen molar-refractivity contribution < 1.29 is 38.7 Å². The number of piperidine rings is 1. The van der Waals surface area contributed by atoms with Crippen LogP contribution in [0.15, 0.2) is 0 Å². The normalized spacial score (nSPS) is 61.6. The lowest BCUT2D eigenvalue weighted by molar-refractivity contribution is -0.331. The number of nitrogens with zero attached hydrogens (tertiary/aromatic N) is 1. The molecule has 3 spiro atoms. The van der Waals surface area contributed by atoms with Crippen LogP contribution in [0.5, 0.6) is 0 Å². The van der Waals surface area contributed by atoms with E-state index < -0.39 is 40.3 Å². The molecule has 7 rings (SSSR count). The number of hydrogen-bond donors (Lipinski definition) is 2. The van der Waals surface area contributed by atoms with Gasteiger partial charge in [-0.15, -0.1) is 0 Å². The highest BCUT2D eigenvalue weighted by Gasteiger charge is 2.97. The summed E-state index contributed by atoms with van der Waals surface area (Å²) in [5.74, 6) is -1.33. The summed E-state index contributed by atoms with van der Waals surface area (Å²) in [7, 11) is 3.39. The highest BCUT2D eigenvalue weighted by Crippen LogP contribution is 2.83. The van der Waals surface area contributed by atoms with E-state index in [0.717, 1.165) is 25.9 Å². The lowest BCUT2D eigenvalue weighted by Crippen LogP contribution is -2.85. The van der Waals surface area contributed by atoms with Gasteiger partial charge in [0, 0.05) is 51.9 Å². The molecule has 35 heavy (non-hydrogen) atoms. The summed E-state index contributed by atoms with van der Waals surface area (Å²) < 4.78 is 31.9. The van der Waals surface area contributed by atoms with E-state index in [0.29, 0.717) is 12.8 Å². The first-order chi connectivity index (χ1) is 16.6. The molecule has 9 heteroatoms. The van der Waals surface area contributed by atoms with E-state index in [2.05, 4.69) is 18.7 Å². The van der Waals surface area contributed by atoms with Crippen LogP contribution in [-0.2, 0) is 28.5 Å². The maximum Gasteiger partial charge on any atom is 0.303 e. The number of carbonyl (C=O) groups excluding carboxylic acids is 1. The Bertz CT molecular complexity index is 964. The minimum atomic E-state index is -1.29. The minimum absolute atomic E-state index is 0.0311. The fraction of sp³-hybridized carbons (Fsp3) is 0.962. The molecule has 196 valence electrons. The molecule has 7 aliphatic rings. The van der Waals surface area contributed by atoms with Crippen LogP contribution in [0, 0.1) is 28.6 Å². The molecule has 0 amide bonds. The van der Waals surface area contributed by atoms with Gasteiger partial charge < -0.3 is 33.9 Å². The molecule has 0 unspecified atom stereocenters. The largest absolute Gasteiger partial charge is 0.459 e. The van der Waals surface area contributed by atoms with Crippen molar-refractivity contribution in [3.05, 3.63) is 0 Å². The third-order valence-electron chi connectivity index (χ3n) is 11.9. The zero-order valence-electron chi connectivity index (χ0n) is 21.4. The number of aliphatic hydroxyl groups is 2. The molecule has 13 atom stereocenters. The predicted molar refractivity (Wildman–Crippen MR) is 121 cm³/mol. The molecule has 7 bridgehead atoms. The molecule has 5 saturated carbocycles. The summed E-state index contributed by atoms with van der Waals surface area (Å²) in [6.07, 6.45) is 0.601. The quantitative estimate of drug-likeness (QED) is 0.547. The van der Waals surface area contributed by atoms with Crippen molar-refractivity contribution in [2.75, 3.05) is 34.1 Å². The molecule has 0 aromatic carbocycles. The number of ether oxygens (including phenoxy) is 5. The standard InChI is InChI=1S/C26H39NO8/c1-6-27-11-22(3)8-7-16(32-5)25-19(22)20(35-13(2)28)26(21(25)27)24(33-12-34-26)10-15(31-4)14-9-23(25,30)18(24)17(14)29/h14-21,29-30H,6-12H2,1-5H3/t14-,15+,16+,17+,18+,19-,20+,21+,22+,23+,24-,25-,26+/m1/s1. The van der Waals surface area contributed by atoms with Crippen molar-refractivity contribution in [2.24, 2.45) is 28.6 Å². The Kier molecular flexibility index (Phi) is 4.52. The smallest absolute Gasteiger partial charge is 0.303 e. The summed E-state index contributed by atoms with van der Waals surface area (Å²) in [6.45, 7) is 7.50. The van der Waals surface area contributed by atoms with E-state index in [1.165, 1.54) is 6.92 Å². The van der Waals surface area contributed by atoms with Gasteiger partial charge in [0.05, 0.1) is 35.4 Å². The maximum atomic E-state index is 13.2. The monoisotopic (exact) mass is 493 g/mol. The maximum absolute atomic E-state index is 13.2. The number of hydrogen-bond acceptors (Lipinski definition) is 9. The van der Waals surface area contributed by atoms with Gasteiger partial charge in [-0.25, -0.2) is 0 Å². The first kappa shape index (κ1) is 23.3. The fourth-order valence-corrected chi connectivity index (χ4v) is 11.5. The number of likely N-dealkylation sites (N-methyl/N-ethyl adjacent to an activating group) is 1. The lowest BCUT2D eigenvalue weighted by Gasteiger charge is -2.71. The topological polar surface area (TPSA) is 107 Å². The Morgan fingerprint density at radius 1 is 1.17 bits per heavy atom. The number of likely N-dealkylation sites (tertiary alicyclic amines) is 1.